The van der Waals surface area contributed by atoms with Crippen LogP contribution in [0.25, 0.3) is 0 Å². The standard InChI is InChI=1S/C18H22N4O3S/c1-3-25-17(24)10-15-20-21-18(22(15)2)26-11-16(23)19-14-8-7-12-5-4-6-13(12)9-14/h7-9H,3-6,10-11H2,1-2H3,(H,19,23). The number of carbonyl (C=O) groups is 2. The van der Waals surface area contributed by atoms with Gasteiger partial charge in [0.15, 0.2) is 5.16 Å². The zero-order chi connectivity index (χ0) is 18.5. The van der Waals surface area contributed by atoms with Gasteiger partial charge in [0.25, 0.3) is 0 Å². The summed E-state index contributed by atoms with van der Waals surface area (Å²) in [5.41, 5.74) is 3.54. The van der Waals surface area contributed by atoms with Gasteiger partial charge in [0.1, 0.15) is 12.2 Å². The first-order valence-corrected chi connectivity index (χ1v) is 9.63. The van der Waals surface area contributed by atoms with Gasteiger partial charge >= 0.3 is 5.97 Å². The van der Waals surface area contributed by atoms with Crippen LogP contribution in [0.1, 0.15) is 30.3 Å². The molecule has 1 amide bonds. The minimum absolute atomic E-state index is 0.0687. The van der Waals surface area contributed by atoms with Gasteiger partial charge in [-0.05, 0) is 49.4 Å². The zero-order valence-electron chi connectivity index (χ0n) is 14.9. The fourth-order valence-corrected chi connectivity index (χ4v) is 3.67. The highest BCUT2D eigenvalue weighted by Gasteiger charge is 2.16. The lowest BCUT2D eigenvalue weighted by Gasteiger charge is -2.07. The van der Waals surface area contributed by atoms with Crippen LogP contribution in [0.4, 0.5) is 5.69 Å². The average molecular weight is 374 g/mol. The van der Waals surface area contributed by atoms with Crippen molar-refractivity contribution in [3.05, 3.63) is 35.2 Å². The summed E-state index contributed by atoms with van der Waals surface area (Å²) in [7, 11) is 1.77. The van der Waals surface area contributed by atoms with Crippen LogP contribution >= 0.6 is 11.8 Å². The number of hydrogen-bond acceptors (Lipinski definition) is 6. The maximum Gasteiger partial charge on any atom is 0.313 e. The molecule has 7 nitrogen and oxygen atoms in total. The van der Waals surface area contributed by atoms with Crippen LogP contribution in [0.5, 0.6) is 0 Å². The smallest absolute Gasteiger partial charge is 0.313 e. The van der Waals surface area contributed by atoms with E-state index in [9.17, 15) is 9.59 Å². The van der Waals surface area contributed by atoms with E-state index in [1.165, 1.54) is 29.3 Å². The third kappa shape index (κ3) is 4.43. The normalized spacial score (nSPS) is 12.7. The minimum Gasteiger partial charge on any atom is -0.466 e. The van der Waals surface area contributed by atoms with Crippen molar-refractivity contribution in [3.63, 3.8) is 0 Å². The molecule has 0 atom stereocenters. The Bertz CT molecular complexity index is 819. The number of amides is 1. The van der Waals surface area contributed by atoms with E-state index in [0.29, 0.717) is 17.6 Å². The molecule has 0 saturated carbocycles. The van der Waals surface area contributed by atoms with Gasteiger partial charge in [0, 0.05) is 12.7 Å². The number of carbonyl (C=O) groups excluding carboxylic acids is 2. The summed E-state index contributed by atoms with van der Waals surface area (Å²) in [5.74, 6) is 0.310. The Morgan fingerprint density at radius 1 is 1.27 bits per heavy atom. The number of hydrogen-bond donors (Lipinski definition) is 1. The van der Waals surface area contributed by atoms with E-state index in [0.717, 1.165) is 18.5 Å². The molecule has 1 N–H and O–H groups in total. The third-order valence-electron chi connectivity index (χ3n) is 4.25. The minimum atomic E-state index is -0.339. The van der Waals surface area contributed by atoms with E-state index in [1.807, 2.05) is 6.07 Å². The molecule has 3 rings (SSSR count). The first kappa shape index (κ1) is 18.4. The molecule has 1 aliphatic rings. The molecule has 138 valence electrons. The van der Waals surface area contributed by atoms with Crippen molar-refractivity contribution in [3.8, 4) is 0 Å². The first-order chi connectivity index (χ1) is 12.6. The molecule has 0 unspecified atom stereocenters. The number of nitrogens with one attached hydrogen (secondary N) is 1. The fourth-order valence-electron chi connectivity index (χ4n) is 2.94. The summed E-state index contributed by atoms with van der Waals surface area (Å²) in [5, 5.41) is 11.6. The van der Waals surface area contributed by atoms with E-state index in [2.05, 4.69) is 27.6 Å². The summed E-state index contributed by atoms with van der Waals surface area (Å²) >= 11 is 1.29. The van der Waals surface area contributed by atoms with Crippen molar-refractivity contribution in [2.45, 2.75) is 37.8 Å². The summed E-state index contributed by atoms with van der Waals surface area (Å²) in [4.78, 5) is 23.8. The van der Waals surface area contributed by atoms with Gasteiger partial charge in [0.05, 0.1) is 12.4 Å². The second-order valence-electron chi connectivity index (χ2n) is 6.11. The van der Waals surface area contributed by atoms with Gasteiger partial charge in [-0.25, -0.2) is 0 Å². The Hall–Kier alpha value is -2.35. The first-order valence-electron chi connectivity index (χ1n) is 8.65. The maximum atomic E-state index is 12.2. The van der Waals surface area contributed by atoms with Crippen LogP contribution in [-0.2, 0) is 40.6 Å². The SMILES string of the molecule is CCOC(=O)Cc1nnc(SCC(=O)Nc2ccc3c(c2)CCC3)n1C. The van der Waals surface area contributed by atoms with Crippen molar-refractivity contribution < 1.29 is 14.3 Å². The molecule has 1 aromatic carbocycles. The van der Waals surface area contributed by atoms with Gasteiger partial charge in [0.2, 0.25) is 5.91 Å². The summed E-state index contributed by atoms with van der Waals surface area (Å²) < 4.78 is 6.63. The summed E-state index contributed by atoms with van der Waals surface area (Å²) in [6, 6.07) is 6.10. The number of anilines is 1. The van der Waals surface area contributed by atoms with Crippen molar-refractivity contribution in [2.75, 3.05) is 17.7 Å². The molecule has 1 aromatic heterocycles. The molecule has 8 heteroatoms. The highest BCUT2D eigenvalue weighted by molar-refractivity contribution is 7.99. The van der Waals surface area contributed by atoms with Crippen LogP contribution in [0.2, 0.25) is 0 Å². The number of esters is 1. The molecule has 0 saturated heterocycles. The Labute approximate surface area is 156 Å². The van der Waals surface area contributed by atoms with E-state index in [4.69, 9.17) is 4.74 Å². The molecule has 0 aliphatic heterocycles. The van der Waals surface area contributed by atoms with Gasteiger partial charge in [-0.3, -0.25) is 9.59 Å². The molecule has 2 aromatic rings. The van der Waals surface area contributed by atoms with Gasteiger partial charge in [-0.15, -0.1) is 10.2 Å². The van der Waals surface area contributed by atoms with Gasteiger partial charge < -0.3 is 14.6 Å². The number of aromatic nitrogens is 3. The number of aryl methyl sites for hydroxylation is 2. The van der Waals surface area contributed by atoms with Gasteiger partial charge in [-0.2, -0.15) is 0 Å². The number of nitrogens with zero attached hydrogens (tertiary/aromatic N) is 3. The quantitative estimate of drug-likeness (QED) is 0.590. The van der Waals surface area contributed by atoms with Crippen LogP contribution in [0.3, 0.4) is 0 Å². The molecule has 0 fully saturated rings. The topological polar surface area (TPSA) is 86.1 Å². The number of rotatable bonds is 7. The van der Waals surface area contributed by atoms with Crippen molar-refractivity contribution >= 4 is 29.3 Å². The third-order valence-corrected chi connectivity index (χ3v) is 5.27. The van der Waals surface area contributed by atoms with Crippen LogP contribution in [0.15, 0.2) is 23.4 Å². The molecule has 0 spiro atoms. The Morgan fingerprint density at radius 2 is 2.08 bits per heavy atom. The molecule has 1 aliphatic carbocycles. The average Bonchev–Trinajstić information content (AvgIpc) is 3.20. The second-order valence-corrected chi connectivity index (χ2v) is 7.06. The van der Waals surface area contributed by atoms with Crippen molar-refractivity contribution in [1.82, 2.24) is 14.8 Å². The van der Waals surface area contributed by atoms with Gasteiger partial charge in [-0.1, -0.05) is 17.8 Å². The second kappa shape index (κ2) is 8.35. The van der Waals surface area contributed by atoms with Crippen molar-refractivity contribution in [2.24, 2.45) is 7.05 Å². The van der Waals surface area contributed by atoms with Crippen molar-refractivity contribution in [1.29, 1.82) is 0 Å². The predicted molar refractivity (Wildman–Crippen MR) is 99.2 cm³/mol. The number of ether oxygens (including phenoxy) is 1. The lowest BCUT2D eigenvalue weighted by atomic mass is 10.1. The lowest BCUT2D eigenvalue weighted by molar-refractivity contribution is -0.142. The number of fused-ring (bicyclic) bond motifs is 1. The highest BCUT2D eigenvalue weighted by Crippen LogP contribution is 2.25. The lowest BCUT2D eigenvalue weighted by Crippen LogP contribution is -2.15. The van der Waals surface area contributed by atoms with E-state index in [1.54, 1.807) is 18.5 Å². The molecule has 1 heterocycles. The zero-order valence-corrected chi connectivity index (χ0v) is 15.8. The molecular formula is C18H22N4O3S. The monoisotopic (exact) mass is 374 g/mol. The van der Waals surface area contributed by atoms with E-state index < -0.39 is 0 Å². The Kier molecular flexibility index (Phi) is 5.92. The van der Waals surface area contributed by atoms with Crippen LogP contribution in [0, 0.1) is 0 Å². The molecular weight excluding hydrogens is 352 g/mol. The number of benzene rings is 1. The Morgan fingerprint density at radius 3 is 2.88 bits per heavy atom. The highest BCUT2D eigenvalue weighted by atomic mass is 32.2. The van der Waals surface area contributed by atoms with E-state index in [-0.39, 0.29) is 24.1 Å². The fraction of sp³-hybridized carbons (Fsp3) is 0.444. The Balaban J connectivity index is 1.53. The number of thioether (sulfide) groups is 1. The molecule has 0 bridgehead atoms. The predicted octanol–water partition coefficient (Wildman–Crippen LogP) is 2.14. The summed E-state index contributed by atoms with van der Waals surface area (Å²) in [6.07, 6.45) is 3.46. The summed E-state index contributed by atoms with van der Waals surface area (Å²) in [6.45, 7) is 2.09. The van der Waals surface area contributed by atoms with Crippen LogP contribution in [-0.4, -0.2) is 39.0 Å². The molecule has 26 heavy (non-hydrogen) atoms. The van der Waals surface area contributed by atoms with Crippen LogP contribution < -0.4 is 5.32 Å². The molecule has 0 radical (unpaired) electrons. The van der Waals surface area contributed by atoms with E-state index >= 15 is 0 Å². The largest absolute Gasteiger partial charge is 0.466 e. The maximum absolute atomic E-state index is 12.2.